The maximum atomic E-state index is 14.2. The minimum Gasteiger partial charge on any atom is -0.423 e. The number of nitrogens with zero attached hydrogens (tertiary/aromatic N) is 4. The lowest BCUT2D eigenvalue weighted by Crippen LogP contribution is -2.38. The molecule has 0 saturated carbocycles. The van der Waals surface area contributed by atoms with E-state index in [-0.39, 0.29) is 24.4 Å². The second kappa shape index (κ2) is 11.2. The molecule has 0 unspecified atom stereocenters. The Morgan fingerprint density at radius 3 is 2.42 bits per heavy atom. The first-order valence-corrected chi connectivity index (χ1v) is 12.9. The molecule has 0 bridgehead atoms. The van der Waals surface area contributed by atoms with Gasteiger partial charge in [-0.1, -0.05) is 35.3 Å². The van der Waals surface area contributed by atoms with Gasteiger partial charge >= 0.3 is 6.18 Å². The monoisotopic (exact) mass is 592 g/mol. The van der Waals surface area contributed by atoms with Gasteiger partial charge in [0.25, 0.3) is 5.91 Å². The Labute approximate surface area is 237 Å². The van der Waals surface area contributed by atoms with Gasteiger partial charge in [-0.3, -0.25) is 9.69 Å². The molecule has 0 aliphatic carbocycles. The summed E-state index contributed by atoms with van der Waals surface area (Å²) in [6.45, 7) is 0.853. The SMILES string of the molecule is CN(Cc1ccc(C(F)(F)F)c(F)c1)[C@H]1CN(C(=O)c2ccc(-c3nnco3)cc2)C[C@@H]1c1ccc(Cl)c(Cl)c1. The molecule has 3 aromatic carbocycles. The van der Waals surface area contributed by atoms with E-state index < -0.39 is 17.6 Å². The molecule has 40 heavy (non-hydrogen) atoms. The zero-order valence-corrected chi connectivity index (χ0v) is 22.5. The molecule has 1 saturated heterocycles. The number of likely N-dealkylation sites (N-methyl/N-ethyl adjacent to an activating group) is 1. The van der Waals surface area contributed by atoms with Crippen LogP contribution in [0.4, 0.5) is 17.6 Å². The van der Waals surface area contributed by atoms with E-state index in [0.29, 0.717) is 45.7 Å². The number of halogens is 6. The summed E-state index contributed by atoms with van der Waals surface area (Å²) in [4.78, 5) is 17.1. The van der Waals surface area contributed by atoms with Gasteiger partial charge in [0.15, 0.2) is 0 Å². The summed E-state index contributed by atoms with van der Waals surface area (Å²) in [6, 6.07) is 14.7. The molecule has 0 spiro atoms. The second-order valence-corrected chi connectivity index (χ2v) is 10.4. The Bertz CT molecular complexity index is 1510. The van der Waals surface area contributed by atoms with Crippen LogP contribution >= 0.6 is 23.2 Å². The third kappa shape index (κ3) is 5.84. The molecule has 0 radical (unpaired) electrons. The predicted molar refractivity (Wildman–Crippen MR) is 141 cm³/mol. The van der Waals surface area contributed by atoms with Crippen LogP contribution in [-0.4, -0.2) is 52.1 Å². The van der Waals surface area contributed by atoms with E-state index in [0.717, 1.165) is 17.7 Å². The van der Waals surface area contributed by atoms with Crippen molar-refractivity contribution in [3.05, 3.63) is 105 Å². The van der Waals surface area contributed by atoms with Gasteiger partial charge < -0.3 is 9.32 Å². The highest BCUT2D eigenvalue weighted by molar-refractivity contribution is 6.42. The van der Waals surface area contributed by atoms with Crippen molar-refractivity contribution in [2.75, 3.05) is 20.1 Å². The average molecular weight is 593 g/mol. The highest BCUT2D eigenvalue weighted by atomic mass is 35.5. The van der Waals surface area contributed by atoms with Crippen molar-refractivity contribution in [1.29, 1.82) is 0 Å². The maximum absolute atomic E-state index is 14.2. The van der Waals surface area contributed by atoms with E-state index in [9.17, 15) is 22.4 Å². The molecule has 5 rings (SSSR count). The van der Waals surface area contributed by atoms with Crippen LogP contribution in [0.15, 0.2) is 71.5 Å². The van der Waals surface area contributed by atoms with Crippen molar-refractivity contribution < 1.29 is 26.8 Å². The van der Waals surface area contributed by atoms with Crippen LogP contribution in [0.3, 0.4) is 0 Å². The van der Waals surface area contributed by atoms with E-state index in [4.69, 9.17) is 27.6 Å². The Morgan fingerprint density at radius 1 is 1.05 bits per heavy atom. The maximum Gasteiger partial charge on any atom is 0.419 e. The largest absolute Gasteiger partial charge is 0.423 e. The van der Waals surface area contributed by atoms with E-state index in [2.05, 4.69) is 10.2 Å². The Kier molecular flexibility index (Phi) is 7.85. The van der Waals surface area contributed by atoms with Gasteiger partial charge in [0.1, 0.15) is 5.82 Å². The van der Waals surface area contributed by atoms with Gasteiger partial charge in [0, 0.05) is 42.7 Å². The lowest BCUT2D eigenvalue weighted by molar-refractivity contribution is -0.140. The van der Waals surface area contributed by atoms with Crippen LogP contribution in [-0.2, 0) is 12.7 Å². The van der Waals surface area contributed by atoms with Crippen molar-refractivity contribution in [2.24, 2.45) is 0 Å². The van der Waals surface area contributed by atoms with Gasteiger partial charge in [0.05, 0.1) is 15.6 Å². The Morgan fingerprint density at radius 2 is 1.80 bits per heavy atom. The summed E-state index contributed by atoms with van der Waals surface area (Å²) < 4.78 is 58.5. The summed E-state index contributed by atoms with van der Waals surface area (Å²) in [6.07, 6.45) is -3.55. The molecule has 4 aromatic rings. The number of hydrogen-bond donors (Lipinski definition) is 0. The molecule has 6 nitrogen and oxygen atoms in total. The summed E-state index contributed by atoms with van der Waals surface area (Å²) >= 11 is 12.4. The molecule has 2 atom stereocenters. The molecule has 1 amide bonds. The molecular formula is C28H22Cl2F4N4O2. The van der Waals surface area contributed by atoms with Crippen molar-refractivity contribution in [2.45, 2.75) is 24.7 Å². The highest BCUT2D eigenvalue weighted by Crippen LogP contribution is 2.36. The number of benzene rings is 3. The minimum atomic E-state index is -4.77. The lowest BCUT2D eigenvalue weighted by Gasteiger charge is -2.29. The minimum absolute atomic E-state index is 0.165. The molecule has 1 aliphatic rings. The van der Waals surface area contributed by atoms with Crippen LogP contribution in [0.25, 0.3) is 11.5 Å². The van der Waals surface area contributed by atoms with Crippen LogP contribution in [0, 0.1) is 5.82 Å². The summed E-state index contributed by atoms with van der Waals surface area (Å²) in [5.41, 5.74) is 1.05. The first kappa shape index (κ1) is 28.1. The van der Waals surface area contributed by atoms with Gasteiger partial charge in [-0.2, -0.15) is 13.2 Å². The number of likely N-dealkylation sites (tertiary alicyclic amines) is 1. The summed E-state index contributed by atoms with van der Waals surface area (Å²) in [5, 5.41) is 8.28. The molecule has 12 heteroatoms. The number of aromatic nitrogens is 2. The molecule has 1 aromatic heterocycles. The fourth-order valence-electron chi connectivity index (χ4n) is 5.00. The van der Waals surface area contributed by atoms with E-state index in [1.165, 1.54) is 12.5 Å². The van der Waals surface area contributed by atoms with Crippen molar-refractivity contribution in [3.8, 4) is 11.5 Å². The van der Waals surface area contributed by atoms with E-state index >= 15 is 0 Å². The second-order valence-electron chi connectivity index (χ2n) is 9.61. The normalized spacial score (nSPS) is 17.6. The molecular weight excluding hydrogens is 571 g/mol. The van der Waals surface area contributed by atoms with Gasteiger partial charge in [-0.25, -0.2) is 4.39 Å². The molecule has 2 heterocycles. The van der Waals surface area contributed by atoms with Crippen molar-refractivity contribution in [1.82, 2.24) is 20.0 Å². The first-order chi connectivity index (χ1) is 19.0. The topological polar surface area (TPSA) is 62.5 Å². The van der Waals surface area contributed by atoms with Crippen LogP contribution in [0.1, 0.15) is 33.0 Å². The fraction of sp³-hybridized carbons (Fsp3) is 0.250. The Balaban J connectivity index is 1.39. The third-order valence-electron chi connectivity index (χ3n) is 7.02. The standard InChI is InChI=1S/C28H22Cl2F4N4O2/c1-37(12-16-2-8-21(24(31)10-16)28(32,33)34)25-14-38(13-20(25)19-7-9-22(29)23(30)11-19)27(39)18-5-3-17(4-6-18)26-36-35-15-40-26/h2-11,15,20,25H,12-14H2,1H3/t20-,25+/m1/s1. The first-order valence-electron chi connectivity index (χ1n) is 12.2. The van der Waals surface area contributed by atoms with Crippen molar-refractivity contribution in [3.63, 3.8) is 0 Å². The Hall–Kier alpha value is -3.47. The zero-order chi connectivity index (χ0) is 28.6. The number of carbonyl (C=O) groups excluding carboxylic acids is 1. The molecule has 1 aliphatic heterocycles. The number of carbonyl (C=O) groups is 1. The zero-order valence-electron chi connectivity index (χ0n) is 21.0. The predicted octanol–water partition coefficient (Wildman–Crippen LogP) is 6.94. The molecule has 208 valence electrons. The van der Waals surface area contributed by atoms with E-state index in [1.54, 1.807) is 48.3 Å². The van der Waals surface area contributed by atoms with Gasteiger partial charge in [-0.15, -0.1) is 10.2 Å². The fourth-order valence-corrected chi connectivity index (χ4v) is 5.31. The summed E-state index contributed by atoms with van der Waals surface area (Å²) in [7, 11) is 1.79. The third-order valence-corrected chi connectivity index (χ3v) is 7.76. The molecule has 1 fully saturated rings. The number of amides is 1. The smallest absolute Gasteiger partial charge is 0.419 e. The summed E-state index contributed by atoms with van der Waals surface area (Å²) in [5.74, 6) is -1.38. The van der Waals surface area contributed by atoms with Crippen LogP contribution < -0.4 is 0 Å². The quantitative estimate of drug-likeness (QED) is 0.227. The highest BCUT2D eigenvalue weighted by Gasteiger charge is 2.39. The lowest BCUT2D eigenvalue weighted by atomic mass is 9.93. The number of hydrogen-bond acceptors (Lipinski definition) is 5. The van der Waals surface area contributed by atoms with Crippen molar-refractivity contribution >= 4 is 29.1 Å². The van der Waals surface area contributed by atoms with Gasteiger partial charge in [0.2, 0.25) is 12.3 Å². The van der Waals surface area contributed by atoms with E-state index in [1.807, 2.05) is 11.0 Å². The molecule has 0 N–H and O–H groups in total. The number of alkyl halides is 3. The van der Waals surface area contributed by atoms with Crippen LogP contribution in [0.5, 0.6) is 0 Å². The van der Waals surface area contributed by atoms with Crippen LogP contribution in [0.2, 0.25) is 10.0 Å². The number of rotatable bonds is 6. The van der Waals surface area contributed by atoms with Gasteiger partial charge in [-0.05, 0) is 66.7 Å². The average Bonchev–Trinajstić information content (AvgIpc) is 3.60.